The van der Waals surface area contributed by atoms with E-state index in [1.54, 1.807) is 0 Å². The number of nitrogens with zero attached hydrogens (tertiary/aromatic N) is 2. The Morgan fingerprint density at radius 1 is 0.357 bits per heavy atom. The Kier molecular flexibility index (Phi) is 4.33. The summed E-state index contributed by atoms with van der Waals surface area (Å²) in [5.41, 5.74) is 4.03. The fourth-order valence-corrected chi connectivity index (χ4v) is 13.0. The van der Waals surface area contributed by atoms with Gasteiger partial charge in [-0.2, -0.15) is 0 Å². The van der Waals surface area contributed by atoms with Crippen LogP contribution in [0, 0.1) is 0 Å². The van der Waals surface area contributed by atoms with Gasteiger partial charge in [-0.1, -0.05) is 72.8 Å². The van der Waals surface area contributed by atoms with Crippen LogP contribution < -0.4 is 38.0 Å². The van der Waals surface area contributed by atoms with E-state index < -0.39 is 15.7 Å². The van der Waals surface area contributed by atoms with Crippen molar-refractivity contribution in [3.63, 3.8) is 0 Å². The minimum absolute atomic E-state index is 0.818. The summed E-state index contributed by atoms with van der Waals surface area (Å²) in [5, 5.41) is 4.11. The van der Waals surface area contributed by atoms with Gasteiger partial charge in [0.25, 0.3) is 0 Å². The van der Waals surface area contributed by atoms with Gasteiger partial charge in [0, 0.05) is 0 Å². The van der Waals surface area contributed by atoms with Crippen LogP contribution in [0.15, 0.2) is 133 Å². The van der Waals surface area contributed by atoms with Gasteiger partial charge >= 0.3 is 15.7 Å². The SMILES string of the molecule is c1ccc2c(c1)O[P+]1(c3cccc4cccc([P+]56Oc7ccccc7N5c5ccccc5O6)c34)Oc3ccccc3N21. The first-order valence-corrected chi connectivity index (χ1v) is 17.0. The molecule has 6 aromatic rings. The molecule has 0 unspecified atom stereocenters. The summed E-state index contributed by atoms with van der Waals surface area (Å²) in [6.45, 7) is 0. The number of rotatable bonds is 2. The monoisotopic (exact) mass is 584 g/mol. The second-order valence-electron chi connectivity index (χ2n) is 10.6. The molecule has 0 saturated carbocycles. The molecular formula is C34H22N2O4P2+2. The van der Waals surface area contributed by atoms with E-state index in [1.807, 2.05) is 72.8 Å². The first-order chi connectivity index (χ1) is 20.8. The molecule has 0 spiro atoms. The van der Waals surface area contributed by atoms with E-state index in [9.17, 15) is 0 Å². The molecule has 0 amide bonds. The molecule has 200 valence electrons. The van der Waals surface area contributed by atoms with E-state index in [0.717, 1.165) is 67.1 Å². The lowest BCUT2D eigenvalue weighted by Crippen LogP contribution is -2.32. The summed E-state index contributed by atoms with van der Waals surface area (Å²) in [6, 6.07) is 45.5. The Bertz CT molecular complexity index is 1870. The lowest BCUT2D eigenvalue weighted by Gasteiger charge is -2.23. The van der Waals surface area contributed by atoms with Crippen molar-refractivity contribution in [2.45, 2.75) is 0 Å². The van der Waals surface area contributed by atoms with Crippen LogP contribution in [0.5, 0.6) is 23.0 Å². The van der Waals surface area contributed by atoms with E-state index in [1.165, 1.54) is 0 Å². The van der Waals surface area contributed by atoms with Crippen molar-refractivity contribution >= 4 is 59.9 Å². The van der Waals surface area contributed by atoms with E-state index in [4.69, 9.17) is 18.1 Å². The molecule has 8 heteroatoms. The molecule has 0 bridgehead atoms. The van der Waals surface area contributed by atoms with Crippen molar-refractivity contribution in [3.8, 4) is 23.0 Å². The summed E-state index contributed by atoms with van der Waals surface area (Å²) >= 11 is 0. The molecule has 6 aromatic carbocycles. The fourth-order valence-electron chi connectivity index (χ4n) is 6.58. The smallest absolute Gasteiger partial charge is 0.276 e. The fraction of sp³-hybridized carbons (Fsp3) is 0. The van der Waals surface area contributed by atoms with Gasteiger partial charge in [0.1, 0.15) is 22.7 Å². The first kappa shape index (κ1) is 22.9. The highest BCUT2D eigenvalue weighted by Gasteiger charge is 2.71. The van der Waals surface area contributed by atoms with E-state index >= 15 is 0 Å². The number of para-hydroxylation sites is 8. The lowest BCUT2D eigenvalue weighted by molar-refractivity contribution is 0.501. The van der Waals surface area contributed by atoms with E-state index in [0.29, 0.717) is 0 Å². The zero-order chi connectivity index (χ0) is 27.5. The largest absolute Gasteiger partial charge is 0.499 e. The van der Waals surface area contributed by atoms with Crippen molar-refractivity contribution in [1.82, 2.24) is 0 Å². The normalized spacial score (nSPS) is 17.1. The molecule has 0 radical (unpaired) electrons. The predicted molar refractivity (Wildman–Crippen MR) is 170 cm³/mol. The number of fused-ring (bicyclic) bond motifs is 11. The van der Waals surface area contributed by atoms with Crippen LogP contribution in [0.2, 0.25) is 0 Å². The molecule has 0 fully saturated rings. The summed E-state index contributed by atoms with van der Waals surface area (Å²) in [7, 11) is -5.80. The highest BCUT2D eigenvalue weighted by atomic mass is 31.2. The predicted octanol–water partition coefficient (Wildman–Crippen LogP) is 8.86. The minimum atomic E-state index is -2.90. The summed E-state index contributed by atoms with van der Waals surface area (Å²) < 4.78 is 32.5. The van der Waals surface area contributed by atoms with Crippen LogP contribution in [0.25, 0.3) is 10.8 Å². The third-order valence-corrected chi connectivity index (χ3v) is 13.9. The van der Waals surface area contributed by atoms with Crippen LogP contribution in [0.4, 0.5) is 22.7 Å². The van der Waals surface area contributed by atoms with Gasteiger partial charge in [-0.25, -0.2) is 0 Å². The highest BCUT2D eigenvalue weighted by molar-refractivity contribution is 7.80. The van der Waals surface area contributed by atoms with Crippen molar-refractivity contribution in [2.75, 3.05) is 9.34 Å². The molecule has 4 heterocycles. The van der Waals surface area contributed by atoms with Crippen LogP contribution in [-0.4, -0.2) is 0 Å². The Morgan fingerprint density at radius 2 is 0.690 bits per heavy atom. The van der Waals surface area contributed by atoms with Crippen LogP contribution >= 0.6 is 15.7 Å². The van der Waals surface area contributed by atoms with E-state index in [-0.39, 0.29) is 0 Å². The molecule has 10 rings (SSSR count). The van der Waals surface area contributed by atoms with Gasteiger partial charge in [-0.05, 0) is 66.0 Å². The Morgan fingerprint density at radius 3 is 1.05 bits per heavy atom. The minimum Gasteiger partial charge on any atom is -0.276 e. The Labute approximate surface area is 243 Å². The number of hydrogen-bond donors (Lipinski definition) is 0. The highest BCUT2D eigenvalue weighted by Crippen LogP contribution is 2.80. The molecule has 4 aliphatic heterocycles. The molecule has 42 heavy (non-hydrogen) atoms. The average Bonchev–Trinajstić information content (AvgIpc) is 3.74. The van der Waals surface area contributed by atoms with Gasteiger partial charge < -0.3 is 0 Å². The molecule has 6 nitrogen and oxygen atoms in total. The standard InChI is InChI=1S/C34H22N2O4P2/c1-5-17-28-24(13-1)35-25-14-2-6-18-29(25)38-41(35,37-28)32-21-9-11-23-12-10-22-33(34(23)32)42-36(26-15-3-7-19-30(26)39-42)27-16-4-8-20-31(27)40-42/h1-22H/q+2. The number of anilines is 4. The summed E-state index contributed by atoms with van der Waals surface area (Å²) in [5.74, 6) is 3.27. The van der Waals surface area contributed by atoms with Crippen molar-refractivity contribution in [3.05, 3.63) is 133 Å². The van der Waals surface area contributed by atoms with Crippen LogP contribution in [-0.2, 0) is 0 Å². The maximum absolute atomic E-state index is 6.98. The molecule has 0 saturated heterocycles. The summed E-state index contributed by atoms with van der Waals surface area (Å²) in [6.07, 6.45) is 0. The third-order valence-electron chi connectivity index (χ3n) is 8.26. The van der Waals surface area contributed by atoms with Crippen LogP contribution in [0.1, 0.15) is 0 Å². The van der Waals surface area contributed by atoms with Crippen molar-refractivity contribution < 1.29 is 18.1 Å². The Balaban J connectivity index is 1.27. The summed E-state index contributed by atoms with van der Waals surface area (Å²) in [4.78, 5) is 0. The van der Waals surface area contributed by atoms with Crippen molar-refractivity contribution in [1.29, 1.82) is 0 Å². The second-order valence-corrected chi connectivity index (χ2v) is 15.1. The van der Waals surface area contributed by atoms with E-state index in [2.05, 4.69) is 70.0 Å². The number of hydrogen-bond acceptors (Lipinski definition) is 6. The molecule has 0 aliphatic carbocycles. The average molecular weight is 585 g/mol. The second kappa shape index (κ2) is 7.95. The van der Waals surface area contributed by atoms with Crippen LogP contribution in [0.3, 0.4) is 0 Å². The molecule has 0 N–H and O–H groups in total. The van der Waals surface area contributed by atoms with Crippen molar-refractivity contribution in [2.24, 2.45) is 0 Å². The number of benzene rings is 6. The first-order valence-electron chi connectivity index (χ1n) is 13.8. The maximum atomic E-state index is 6.98. The maximum Gasteiger partial charge on any atom is 0.499 e. The third kappa shape index (κ3) is 2.72. The lowest BCUT2D eigenvalue weighted by atomic mass is 10.1. The van der Waals surface area contributed by atoms with Gasteiger partial charge in [-0.15, -0.1) is 9.34 Å². The van der Waals surface area contributed by atoms with Gasteiger partial charge in [0.15, 0.2) is 0 Å². The molecule has 4 aliphatic rings. The molecule has 0 atom stereocenters. The Hall–Kier alpha value is -4.76. The van der Waals surface area contributed by atoms with Gasteiger partial charge in [0.2, 0.25) is 33.6 Å². The topological polar surface area (TPSA) is 43.4 Å². The zero-order valence-electron chi connectivity index (χ0n) is 22.1. The zero-order valence-corrected chi connectivity index (χ0v) is 23.9. The van der Waals surface area contributed by atoms with Gasteiger partial charge in [0.05, 0.1) is 5.39 Å². The molecule has 0 aromatic heterocycles. The molecular weight excluding hydrogens is 562 g/mol. The quantitative estimate of drug-likeness (QED) is 0.190. The van der Waals surface area contributed by atoms with Gasteiger partial charge in [-0.3, -0.25) is 18.1 Å².